The molecule has 3 heteroatoms. The number of hydrogen-bond acceptors (Lipinski definition) is 1. The van der Waals surface area contributed by atoms with Crippen LogP contribution >= 0.6 is 15.9 Å². The summed E-state index contributed by atoms with van der Waals surface area (Å²) in [5.74, 6) is 0.660. The van der Waals surface area contributed by atoms with Crippen molar-refractivity contribution in [1.82, 2.24) is 0 Å². The average molecular weight is 193 g/mol. The third kappa shape index (κ3) is 1.33. The maximum absolute atomic E-state index is 12.2. The molecule has 0 N–H and O–H groups in total. The number of hydrogen-bond donors (Lipinski definition) is 0. The lowest BCUT2D eigenvalue weighted by Gasteiger charge is -1.85. The van der Waals surface area contributed by atoms with Crippen LogP contribution in [0.25, 0.3) is 0 Å². The summed E-state index contributed by atoms with van der Waals surface area (Å²) in [5, 5.41) is 0.572. The molecule has 1 rings (SSSR count). The van der Waals surface area contributed by atoms with Gasteiger partial charge in [-0.15, -0.1) is 0 Å². The van der Waals surface area contributed by atoms with Crippen molar-refractivity contribution in [2.24, 2.45) is 0 Å². The van der Waals surface area contributed by atoms with E-state index in [0.29, 0.717) is 11.1 Å². The minimum Gasteiger partial charge on any atom is -0.435 e. The smallest absolute Gasteiger partial charge is 0.278 e. The Balaban J connectivity index is 3.01. The molecule has 0 spiro atoms. The summed E-state index contributed by atoms with van der Waals surface area (Å²) in [5.41, 5.74) is 0.851. The fourth-order valence-corrected chi connectivity index (χ4v) is 1.17. The molecule has 0 atom stereocenters. The molecule has 0 saturated carbocycles. The van der Waals surface area contributed by atoms with Crippen LogP contribution in [0.15, 0.2) is 10.5 Å². The van der Waals surface area contributed by atoms with Gasteiger partial charge in [0.25, 0.3) is 6.01 Å². The van der Waals surface area contributed by atoms with Crippen molar-refractivity contribution >= 4 is 15.9 Å². The molecule has 1 aromatic rings. The van der Waals surface area contributed by atoms with Gasteiger partial charge < -0.3 is 4.42 Å². The molecular formula is C6H6BrFO. The van der Waals surface area contributed by atoms with E-state index < -0.39 is 6.01 Å². The van der Waals surface area contributed by atoms with Gasteiger partial charge in [0.15, 0.2) is 0 Å². The quantitative estimate of drug-likeness (QED) is 0.624. The Kier molecular flexibility index (Phi) is 1.90. The molecule has 0 unspecified atom stereocenters. The first kappa shape index (κ1) is 6.81. The second kappa shape index (κ2) is 2.52. The molecule has 0 radical (unpaired) electrons. The first-order valence-corrected chi connectivity index (χ1v) is 3.67. The Labute approximate surface area is 61.0 Å². The van der Waals surface area contributed by atoms with E-state index >= 15 is 0 Å². The average Bonchev–Trinajstić information content (AvgIpc) is 2.10. The van der Waals surface area contributed by atoms with E-state index in [2.05, 4.69) is 20.3 Å². The van der Waals surface area contributed by atoms with Gasteiger partial charge in [-0.1, -0.05) is 15.9 Å². The van der Waals surface area contributed by atoms with Crippen LogP contribution in [0.5, 0.6) is 0 Å². The van der Waals surface area contributed by atoms with Crippen LogP contribution in [0.1, 0.15) is 11.3 Å². The summed E-state index contributed by atoms with van der Waals surface area (Å²) in [6.45, 7) is 1.81. The minimum absolute atomic E-state index is 0.512. The van der Waals surface area contributed by atoms with Crippen molar-refractivity contribution in [3.05, 3.63) is 23.4 Å². The van der Waals surface area contributed by atoms with E-state index in [9.17, 15) is 4.39 Å². The third-order valence-electron chi connectivity index (χ3n) is 1.11. The van der Waals surface area contributed by atoms with Gasteiger partial charge in [-0.05, 0) is 12.5 Å². The topological polar surface area (TPSA) is 13.1 Å². The summed E-state index contributed by atoms with van der Waals surface area (Å²) < 4.78 is 16.8. The van der Waals surface area contributed by atoms with E-state index in [1.165, 1.54) is 6.07 Å². The molecule has 0 amide bonds. The Hall–Kier alpha value is -0.310. The molecule has 0 aliphatic rings. The Morgan fingerprint density at radius 3 is 2.67 bits per heavy atom. The van der Waals surface area contributed by atoms with E-state index in [1.807, 2.05) is 6.92 Å². The molecule has 1 nitrogen and oxygen atoms in total. The zero-order chi connectivity index (χ0) is 6.85. The second-order valence-electron chi connectivity index (χ2n) is 1.79. The highest BCUT2D eigenvalue weighted by Crippen LogP contribution is 2.15. The van der Waals surface area contributed by atoms with Crippen molar-refractivity contribution in [2.45, 2.75) is 12.3 Å². The maximum Gasteiger partial charge on any atom is 0.278 e. The van der Waals surface area contributed by atoms with Crippen LogP contribution < -0.4 is 0 Å². The summed E-state index contributed by atoms with van der Waals surface area (Å²) >= 11 is 3.16. The predicted molar refractivity (Wildman–Crippen MR) is 36.0 cm³/mol. The normalized spacial score (nSPS) is 10.1. The number of alkyl halides is 1. The van der Waals surface area contributed by atoms with Gasteiger partial charge in [0, 0.05) is 6.07 Å². The van der Waals surface area contributed by atoms with Gasteiger partial charge >= 0.3 is 0 Å². The van der Waals surface area contributed by atoms with Gasteiger partial charge in [0.2, 0.25) is 0 Å². The first-order valence-electron chi connectivity index (χ1n) is 2.55. The lowest BCUT2D eigenvalue weighted by Crippen LogP contribution is -1.72. The lowest BCUT2D eigenvalue weighted by atomic mass is 10.3. The fraction of sp³-hybridized carbons (Fsp3) is 0.333. The summed E-state index contributed by atoms with van der Waals surface area (Å²) in [4.78, 5) is 0. The molecule has 0 fully saturated rings. The van der Waals surface area contributed by atoms with Crippen molar-refractivity contribution in [1.29, 1.82) is 0 Å². The van der Waals surface area contributed by atoms with Crippen molar-refractivity contribution in [3.8, 4) is 0 Å². The lowest BCUT2D eigenvalue weighted by molar-refractivity contribution is 0.344. The zero-order valence-corrected chi connectivity index (χ0v) is 6.53. The van der Waals surface area contributed by atoms with Gasteiger partial charge in [-0.25, -0.2) is 0 Å². The first-order chi connectivity index (χ1) is 4.24. The van der Waals surface area contributed by atoms with Gasteiger partial charge in [0.1, 0.15) is 5.76 Å². The summed E-state index contributed by atoms with van der Waals surface area (Å²) in [6.07, 6.45) is 0. The van der Waals surface area contributed by atoms with Crippen molar-refractivity contribution in [3.63, 3.8) is 0 Å². The largest absolute Gasteiger partial charge is 0.435 e. The van der Waals surface area contributed by atoms with Gasteiger partial charge in [-0.2, -0.15) is 4.39 Å². The summed E-state index contributed by atoms with van der Waals surface area (Å²) in [7, 11) is 0. The second-order valence-corrected chi connectivity index (χ2v) is 2.35. The number of furan rings is 1. The van der Waals surface area contributed by atoms with E-state index in [1.54, 1.807) is 0 Å². The predicted octanol–water partition coefficient (Wildman–Crippen LogP) is 2.62. The molecular weight excluding hydrogens is 187 g/mol. The molecule has 0 aliphatic heterocycles. The van der Waals surface area contributed by atoms with Crippen LogP contribution in [0.4, 0.5) is 4.39 Å². The third-order valence-corrected chi connectivity index (χ3v) is 1.62. The molecule has 0 aromatic carbocycles. The highest BCUT2D eigenvalue weighted by Gasteiger charge is 2.03. The monoisotopic (exact) mass is 192 g/mol. The Morgan fingerprint density at radius 2 is 2.44 bits per heavy atom. The maximum atomic E-state index is 12.2. The van der Waals surface area contributed by atoms with Crippen molar-refractivity contribution in [2.75, 3.05) is 0 Å². The summed E-state index contributed by atoms with van der Waals surface area (Å²) in [6, 6.07) is 0.860. The van der Waals surface area contributed by atoms with Gasteiger partial charge in [-0.3, -0.25) is 0 Å². The van der Waals surface area contributed by atoms with E-state index in [-0.39, 0.29) is 0 Å². The van der Waals surface area contributed by atoms with Crippen LogP contribution in [0, 0.1) is 12.9 Å². The van der Waals surface area contributed by atoms with Crippen LogP contribution in [-0.4, -0.2) is 0 Å². The molecule has 0 saturated heterocycles. The Morgan fingerprint density at radius 1 is 1.78 bits per heavy atom. The van der Waals surface area contributed by atoms with Crippen LogP contribution in [0.3, 0.4) is 0 Å². The van der Waals surface area contributed by atoms with Crippen molar-refractivity contribution < 1.29 is 8.81 Å². The van der Waals surface area contributed by atoms with Gasteiger partial charge in [0.05, 0.1) is 5.33 Å². The number of rotatable bonds is 1. The SMILES string of the molecule is Cc1cc(F)oc1CBr. The molecule has 50 valence electrons. The molecule has 0 bridgehead atoms. The number of aryl methyl sites for hydroxylation is 1. The highest BCUT2D eigenvalue weighted by atomic mass is 79.9. The minimum atomic E-state index is -0.512. The number of halogens is 2. The molecule has 0 aliphatic carbocycles. The highest BCUT2D eigenvalue weighted by molar-refractivity contribution is 9.08. The molecule has 1 heterocycles. The fourth-order valence-electron chi connectivity index (χ4n) is 0.611. The van der Waals surface area contributed by atoms with Crippen LogP contribution in [-0.2, 0) is 5.33 Å². The zero-order valence-electron chi connectivity index (χ0n) is 4.95. The standard InChI is InChI=1S/C6H6BrFO/c1-4-2-6(8)9-5(4)3-7/h2H,3H2,1H3. The van der Waals surface area contributed by atoms with E-state index in [0.717, 1.165) is 5.56 Å². The molecule has 1 aromatic heterocycles. The Bertz CT molecular complexity index is 207. The van der Waals surface area contributed by atoms with E-state index in [4.69, 9.17) is 0 Å². The molecule has 9 heavy (non-hydrogen) atoms. The van der Waals surface area contributed by atoms with Crippen LogP contribution in [0.2, 0.25) is 0 Å².